The van der Waals surface area contributed by atoms with Gasteiger partial charge >= 0.3 is 0 Å². The molecular formula is C22H24IN3O. The van der Waals surface area contributed by atoms with Crippen molar-refractivity contribution in [1.82, 2.24) is 4.90 Å². The summed E-state index contributed by atoms with van der Waals surface area (Å²) in [4.78, 5) is 7.55. The number of fused-ring (bicyclic) bond motifs is 9. The number of rotatable bonds is 2. The van der Waals surface area contributed by atoms with Gasteiger partial charge in [-0.1, -0.05) is 0 Å². The molecular weight excluding hydrogens is 449 g/mol. The minimum absolute atomic E-state index is 0.372. The van der Waals surface area contributed by atoms with Crippen LogP contribution in [0, 0.1) is 9.49 Å². The van der Waals surface area contributed by atoms with Crippen molar-refractivity contribution in [1.29, 1.82) is 0 Å². The highest BCUT2D eigenvalue weighted by Gasteiger charge is 2.36. The normalized spacial score (nSPS) is 28.0. The number of halogens is 1. The number of nitrogens with zero attached hydrogens (tertiary/aromatic N) is 3. The Morgan fingerprint density at radius 2 is 1.59 bits per heavy atom. The van der Waals surface area contributed by atoms with Gasteiger partial charge in [-0.3, -0.25) is 4.90 Å². The molecule has 0 aromatic heterocycles. The van der Waals surface area contributed by atoms with Gasteiger partial charge in [0.15, 0.2) is 0 Å². The van der Waals surface area contributed by atoms with Gasteiger partial charge in [-0.25, -0.2) is 0 Å². The van der Waals surface area contributed by atoms with Crippen molar-refractivity contribution >= 4 is 34.0 Å². The predicted octanol–water partition coefficient (Wildman–Crippen LogP) is 4.06. The lowest BCUT2D eigenvalue weighted by Gasteiger charge is -2.45. The highest BCUT2D eigenvalue weighted by atomic mass is 127. The highest BCUT2D eigenvalue weighted by Crippen LogP contribution is 2.40. The molecule has 0 radical (unpaired) electrons. The predicted molar refractivity (Wildman–Crippen MR) is 116 cm³/mol. The van der Waals surface area contributed by atoms with Crippen LogP contribution in [0.4, 0.5) is 11.4 Å². The van der Waals surface area contributed by atoms with Gasteiger partial charge in [0.1, 0.15) is 11.9 Å². The number of piperidine rings is 3. The molecule has 5 aliphatic heterocycles. The molecule has 0 saturated carbocycles. The molecule has 27 heavy (non-hydrogen) atoms. The molecule has 3 saturated heterocycles. The molecule has 7 rings (SSSR count). The van der Waals surface area contributed by atoms with E-state index >= 15 is 0 Å². The Morgan fingerprint density at radius 1 is 0.889 bits per heavy atom. The molecule has 5 heteroatoms. The van der Waals surface area contributed by atoms with E-state index < -0.39 is 0 Å². The van der Waals surface area contributed by atoms with Crippen LogP contribution < -0.4 is 14.5 Å². The SMILES string of the molecule is Ic1ccc2c(c1)CN1CN2Cc2cc(O[C@H]3CN4CCC3CC4)ccc21. The fourth-order valence-corrected chi connectivity index (χ4v) is 5.87. The van der Waals surface area contributed by atoms with E-state index in [0.717, 1.165) is 38.0 Å². The molecule has 0 amide bonds. The molecule has 0 aliphatic carbocycles. The van der Waals surface area contributed by atoms with Crippen LogP contribution in [0.3, 0.4) is 0 Å². The van der Waals surface area contributed by atoms with Crippen LogP contribution in [0.25, 0.3) is 0 Å². The van der Waals surface area contributed by atoms with Gasteiger partial charge in [-0.05, 0) is 102 Å². The summed E-state index contributed by atoms with van der Waals surface area (Å²) in [5.41, 5.74) is 5.59. The summed E-state index contributed by atoms with van der Waals surface area (Å²) in [5, 5.41) is 0. The van der Waals surface area contributed by atoms with Crippen LogP contribution in [0.15, 0.2) is 36.4 Å². The van der Waals surface area contributed by atoms with Gasteiger partial charge in [0.05, 0.1) is 6.67 Å². The Hall–Kier alpha value is -1.47. The molecule has 3 fully saturated rings. The van der Waals surface area contributed by atoms with E-state index in [1.165, 1.54) is 52.0 Å². The monoisotopic (exact) mass is 473 g/mol. The fraction of sp³-hybridized carbons (Fsp3) is 0.455. The van der Waals surface area contributed by atoms with Gasteiger partial charge in [-0.2, -0.15) is 0 Å². The molecule has 140 valence electrons. The van der Waals surface area contributed by atoms with E-state index in [2.05, 4.69) is 73.7 Å². The molecule has 2 aromatic carbocycles. The molecule has 1 atom stereocenters. The van der Waals surface area contributed by atoms with Crippen molar-refractivity contribution in [3.63, 3.8) is 0 Å². The second-order valence-corrected chi connectivity index (χ2v) is 9.64. The maximum atomic E-state index is 6.48. The van der Waals surface area contributed by atoms with Gasteiger partial charge in [0.2, 0.25) is 0 Å². The van der Waals surface area contributed by atoms with Crippen molar-refractivity contribution in [3.05, 3.63) is 51.1 Å². The Bertz CT molecular complexity index is 893. The van der Waals surface area contributed by atoms with Crippen LogP contribution in [0.2, 0.25) is 0 Å². The Balaban J connectivity index is 1.27. The first-order valence-corrected chi connectivity index (χ1v) is 11.1. The van der Waals surface area contributed by atoms with Crippen LogP contribution >= 0.6 is 22.6 Å². The maximum Gasteiger partial charge on any atom is 0.120 e. The van der Waals surface area contributed by atoms with E-state index in [1.54, 1.807) is 0 Å². The number of anilines is 2. The smallest absolute Gasteiger partial charge is 0.120 e. The average Bonchev–Trinajstić information content (AvgIpc) is 2.68. The Morgan fingerprint density at radius 3 is 2.30 bits per heavy atom. The lowest BCUT2D eigenvalue weighted by molar-refractivity contribution is -0.00778. The van der Waals surface area contributed by atoms with Crippen LogP contribution in [0.5, 0.6) is 5.75 Å². The molecule has 0 spiro atoms. The standard InChI is InChI=1S/C22H24IN3O/c23-18-1-3-20-16(9-18)11-25-14-26(20)12-17-10-19(2-4-21(17)25)27-22-13-24-7-5-15(22)6-8-24/h1-4,9-10,15,22H,5-8,11-14H2/t22-/m0/s1. The molecule has 5 heterocycles. The first-order valence-electron chi connectivity index (χ1n) is 10.0. The van der Waals surface area contributed by atoms with Gasteiger partial charge < -0.3 is 14.5 Å². The van der Waals surface area contributed by atoms with Gasteiger partial charge in [0.25, 0.3) is 0 Å². The van der Waals surface area contributed by atoms with Gasteiger partial charge in [0, 0.05) is 34.6 Å². The van der Waals surface area contributed by atoms with Crippen molar-refractivity contribution in [3.8, 4) is 5.75 Å². The number of hydrogen-bond acceptors (Lipinski definition) is 4. The zero-order valence-corrected chi connectivity index (χ0v) is 17.6. The third-order valence-electron chi connectivity index (χ3n) is 6.72. The molecule has 5 aliphatic rings. The summed E-state index contributed by atoms with van der Waals surface area (Å²) in [6.07, 6.45) is 2.97. The Labute approximate surface area is 174 Å². The van der Waals surface area contributed by atoms with Crippen LogP contribution in [-0.4, -0.2) is 37.3 Å². The van der Waals surface area contributed by atoms with E-state index in [9.17, 15) is 0 Å². The maximum absolute atomic E-state index is 6.48. The van der Waals surface area contributed by atoms with Crippen molar-refractivity contribution in [2.75, 3.05) is 36.1 Å². The third kappa shape index (κ3) is 2.81. The first kappa shape index (κ1) is 16.5. The minimum atomic E-state index is 0.372. The summed E-state index contributed by atoms with van der Waals surface area (Å²) in [5.74, 6) is 1.80. The quantitative estimate of drug-likeness (QED) is 0.613. The second-order valence-electron chi connectivity index (χ2n) is 8.40. The van der Waals surface area contributed by atoms with Crippen molar-refractivity contribution < 1.29 is 4.74 Å². The summed E-state index contributed by atoms with van der Waals surface area (Å²) < 4.78 is 7.80. The fourth-order valence-electron chi connectivity index (χ4n) is 5.32. The summed E-state index contributed by atoms with van der Waals surface area (Å²) in [6.45, 7) is 6.58. The average molecular weight is 473 g/mol. The molecule has 4 nitrogen and oxygen atoms in total. The molecule has 0 N–H and O–H groups in total. The molecule has 4 bridgehead atoms. The third-order valence-corrected chi connectivity index (χ3v) is 7.39. The largest absolute Gasteiger partial charge is 0.489 e. The number of ether oxygens (including phenoxy) is 1. The lowest BCUT2D eigenvalue weighted by Crippen LogP contribution is -2.52. The zero-order valence-electron chi connectivity index (χ0n) is 15.4. The van der Waals surface area contributed by atoms with Gasteiger partial charge in [-0.15, -0.1) is 0 Å². The number of hydrogen-bond donors (Lipinski definition) is 0. The highest BCUT2D eigenvalue weighted by molar-refractivity contribution is 14.1. The van der Waals surface area contributed by atoms with E-state index in [-0.39, 0.29) is 0 Å². The summed E-state index contributed by atoms with van der Waals surface area (Å²) >= 11 is 2.41. The van der Waals surface area contributed by atoms with E-state index in [1.807, 2.05) is 0 Å². The summed E-state index contributed by atoms with van der Waals surface area (Å²) in [6, 6.07) is 13.6. The van der Waals surface area contributed by atoms with Crippen molar-refractivity contribution in [2.24, 2.45) is 5.92 Å². The minimum Gasteiger partial charge on any atom is -0.489 e. The van der Waals surface area contributed by atoms with Crippen LogP contribution in [0.1, 0.15) is 24.0 Å². The zero-order chi connectivity index (χ0) is 18.0. The number of benzene rings is 2. The Kier molecular flexibility index (Phi) is 3.83. The topological polar surface area (TPSA) is 19.0 Å². The van der Waals surface area contributed by atoms with E-state index in [0.29, 0.717) is 6.10 Å². The lowest BCUT2D eigenvalue weighted by atomic mass is 9.86. The molecule has 2 aromatic rings. The molecule has 0 unspecified atom stereocenters. The van der Waals surface area contributed by atoms with Crippen LogP contribution in [-0.2, 0) is 13.1 Å². The van der Waals surface area contributed by atoms with Crippen molar-refractivity contribution in [2.45, 2.75) is 32.0 Å². The first-order chi connectivity index (χ1) is 13.2. The second kappa shape index (κ2) is 6.27. The van der Waals surface area contributed by atoms with E-state index in [4.69, 9.17) is 4.74 Å². The summed E-state index contributed by atoms with van der Waals surface area (Å²) in [7, 11) is 0.